The van der Waals surface area contributed by atoms with E-state index in [9.17, 15) is 9.59 Å². The Morgan fingerprint density at radius 2 is 1.77 bits per heavy atom. The third-order valence-electron chi connectivity index (χ3n) is 7.85. The molecule has 2 heterocycles. The van der Waals surface area contributed by atoms with Crippen LogP contribution in [-0.2, 0) is 4.79 Å². The largest absolute Gasteiger partial charge is 0.493 e. The second kappa shape index (κ2) is 9.27. The van der Waals surface area contributed by atoms with Crippen LogP contribution in [0.15, 0.2) is 71.7 Å². The summed E-state index contributed by atoms with van der Waals surface area (Å²) in [6.07, 6.45) is 3.90. The predicted molar refractivity (Wildman–Crippen MR) is 154 cm³/mol. The number of rotatable bonds is 6. The molecule has 1 N–H and O–H groups in total. The number of nitrogens with zero attached hydrogens (tertiary/aromatic N) is 2. The summed E-state index contributed by atoms with van der Waals surface area (Å²) in [5.74, 6) is 0.719. The molecule has 194 valence electrons. The van der Waals surface area contributed by atoms with Crippen molar-refractivity contribution < 1.29 is 19.1 Å². The van der Waals surface area contributed by atoms with Crippen LogP contribution < -0.4 is 14.8 Å². The van der Waals surface area contributed by atoms with Crippen molar-refractivity contribution in [2.75, 3.05) is 25.6 Å². The highest BCUT2D eigenvalue weighted by atomic mass is 16.5. The predicted octanol–water partition coefficient (Wildman–Crippen LogP) is 6.32. The number of nitrogens with one attached hydrogen (secondary N) is 1. The zero-order valence-electron chi connectivity index (χ0n) is 21.6. The Labute approximate surface area is 225 Å². The summed E-state index contributed by atoms with van der Waals surface area (Å²) in [6.45, 7) is 0.885. The molecule has 0 unspecified atom stereocenters. The first-order valence-corrected chi connectivity index (χ1v) is 13.3. The normalized spacial score (nSPS) is 16.5. The second-order valence-corrected chi connectivity index (χ2v) is 10.1. The van der Waals surface area contributed by atoms with Crippen LogP contribution in [0.1, 0.15) is 29.6 Å². The van der Waals surface area contributed by atoms with Crippen molar-refractivity contribution in [3.8, 4) is 11.5 Å². The number of benzene rings is 5. The lowest BCUT2D eigenvalue weighted by molar-refractivity contribution is -0.116. The molecule has 0 aliphatic carbocycles. The van der Waals surface area contributed by atoms with Crippen molar-refractivity contribution in [2.24, 2.45) is 4.99 Å². The molecule has 7 heteroatoms. The first kappa shape index (κ1) is 23.5. The van der Waals surface area contributed by atoms with E-state index in [0.717, 1.165) is 41.2 Å². The summed E-state index contributed by atoms with van der Waals surface area (Å²) in [6, 6.07) is 22.2. The minimum atomic E-state index is -0.146. The van der Waals surface area contributed by atoms with E-state index < -0.39 is 0 Å². The topological polar surface area (TPSA) is 80.2 Å². The lowest BCUT2D eigenvalue weighted by atomic mass is 9.93. The quantitative estimate of drug-likeness (QED) is 0.267. The number of ether oxygens (including phenoxy) is 2. The monoisotopic (exact) mass is 517 g/mol. The molecule has 1 saturated heterocycles. The molecule has 2 amide bonds. The maximum absolute atomic E-state index is 13.1. The molecule has 0 saturated carbocycles. The van der Waals surface area contributed by atoms with Gasteiger partial charge in [-0.25, -0.2) is 0 Å². The summed E-state index contributed by atoms with van der Waals surface area (Å²) in [7, 11) is 1.54. The van der Waals surface area contributed by atoms with Crippen LogP contribution in [0, 0.1) is 0 Å². The summed E-state index contributed by atoms with van der Waals surface area (Å²) in [5, 5.41) is 9.97. The third kappa shape index (κ3) is 3.93. The molecule has 7 rings (SSSR count). The smallest absolute Gasteiger partial charge is 0.256 e. The van der Waals surface area contributed by atoms with E-state index in [1.54, 1.807) is 12.1 Å². The fourth-order valence-corrected chi connectivity index (χ4v) is 5.93. The number of hydrogen-bond donors (Lipinski definition) is 1. The molecule has 39 heavy (non-hydrogen) atoms. The Morgan fingerprint density at radius 1 is 1.00 bits per heavy atom. The van der Waals surface area contributed by atoms with Crippen LogP contribution in [0.4, 0.5) is 11.4 Å². The van der Waals surface area contributed by atoms with Crippen molar-refractivity contribution in [2.45, 2.75) is 25.3 Å². The number of amides is 2. The molecule has 0 bridgehead atoms. The maximum Gasteiger partial charge on any atom is 0.256 e. The van der Waals surface area contributed by atoms with Gasteiger partial charge in [0.25, 0.3) is 5.91 Å². The molecule has 0 aromatic heterocycles. The minimum Gasteiger partial charge on any atom is -0.493 e. The summed E-state index contributed by atoms with van der Waals surface area (Å²) in [5.41, 5.74) is 1.84. The summed E-state index contributed by atoms with van der Waals surface area (Å²) >= 11 is 0. The molecule has 2 aliphatic heterocycles. The number of fused-ring (bicyclic) bond motifs is 2. The van der Waals surface area contributed by atoms with Crippen molar-refractivity contribution in [3.05, 3.63) is 72.3 Å². The van der Waals surface area contributed by atoms with Gasteiger partial charge in [-0.2, -0.15) is 0 Å². The number of anilines is 1. The first-order valence-electron chi connectivity index (χ1n) is 13.3. The third-order valence-corrected chi connectivity index (χ3v) is 7.85. The van der Waals surface area contributed by atoms with Crippen molar-refractivity contribution >= 4 is 61.7 Å². The zero-order chi connectivity index (χ0) is 26.5. The van der Waals surface area contributed by atoms with Crippen LogP contribution in [0.3, 0.4) is 0 Å². The van der Waals surface area contributed by atoms with E-state index in [1.165, 1.54) is 23.3 Å². The van der Waals surface area contributed by atoms with Crippen molar-refractivity contribution in [3.63, 3.8) is 0 Å². The molecule has 5 aromatic rings. The Hall–Kier alpha value is -4.65. The molecule has 1 atom stereocenters. The standard InChI is InChI=1S/C32H27N3O4/c1-38-27-16-24-26(33-18-22-6-3-14-35(22)32(24)37)17-28(27)39-15-13-29(36)34-25-12-10-21-8-7-19-4-2-5-20-9-11-23(25)31(21)30(19)20/h2,4-5,7-12,16-18,22H,3,6,13-15H2,1H3,(H,34,36)/t22-/m0/s1. The number of carbonyl (C=O) groups excluding carboxylic acids is 2. The number of hydrogen-bond acceptors (Lipinski definition) is 5. The SMILES string of the molecule is COc1cc2c(cc1OCCC(=O)Nc1ccc3ccc4cccc5ccc1c3c45)N=C[C@@H]1CCCN1C2=O. The fourth-order valence-electron chi connectivity index (χ4n) is 5.93. The molecule has 2 aliphatic rings. The van der Waals surface area contributed by atoms with E-state index in [2.05, 4.69) is 52.8 Å². The Balaban J connectivity index is 1.09. The molecular weight excluding hydrogens is 490 g/mol. The van der Waals surface area contributed by atoms with Gasteiger partial charge in [0.1, 0.15) is 0 Å². The minimum absolute atomic E-state index is 0.0312. The number of aliphatic imine (C=N–C) groups is 1. The van der Waals surface area contributed by atoms with E-state index in [0.29, 0.717) is 22.7 Å². The zero-order valence-corrected chi connectivity index (χ0v) is 21.6. The highest BCUT2D eigenvalue weighted by Gasteiger charge is 2.32. The first-order chi connectivity index (χ1) is 19.1. The van der Waals surface area contributed by atoms with Crippen molar-refractivity contribution in [1.29, 1.82) is 0 Å². The van der Waals surface area contributed by atoms with E-state index in [4.69, 9.17) is 9.47 Å². The van der Waals surface area contributed by atoms with Crippen LogP contribution in [-0.4, -0.2) is 49.2 Å². The number of carbonyl (C=O) groups is 2. The van der Waals surface area contributed by atoms with Crippen LogP contribution in [0.5, 0.6) is 11.5 Å². The number of methoxy groups -OCH3 is 1. The van der Waals surface area contributed by atoms with Gasteiger partial charge in [0, 0.05) is 29.9 Å². The second-order valence-electron chi connectivity index (χ2n) is 10.1. The summed E-state index contributed by atoms with van der Waals surface area (Å²) in [4.78, 5) is 32.5. The van der Waals surface area contributed by atoms with Gasteiger partial charge in [-0.3, -0.25) is 14.6 Å². The van der Waals surface area contributed by atoms with E-state index >= 15 is 0 Å². The lowest BCUT2D eigenvalue weighted by Gasteiger charge is -2.20. The fraction of sp³-hybridized carbons (Fsp3) is 0.219. The van der Waals surface area contributed by atoms with Crippen molar-refractivity contribution in [1.82, 2.24) is 4.90 Å². The van der Waals surface area contributed by atoms with E-state index in [1.807, 2.05) is 23.2 Å². The summed E-state index contributed by atoms with van der Waals surface area (Å²) < 4.78 is 11.5. The van der Waals surface area contributed by atoms with Gasteiger partial charge in [0.2, 0.25) is 5.91 Å². The Morgan fingerprint density at radius 3 is 2.59 bits per heavy atom. The highest BCUT2D eigenvalue weighted by molar-refractivity contribution is 6.25. The van der Waals surface area contributed by atoms with Crippen LogP contribution in [0.2, 0.25) is 0 Å². The van der Waals surface area contributed by atoms with Gasteiger partial charge in [-0.1, -0.05) is 48.5 Å². The molecular formula is C32H27N3O4. The van der Waals surface area contributed by atoms with E-state index in [-0.39, 0.29) is 30.9 Å². The van der Waals surface area contributed by atoms with Gasteiger partial charge in [0.15, 0.2) is 11.5 Å². The Kier molecular flexibility index (Phi) is 5.58. The van der Waals surface area contributed by atoms with Crippen LogP contribution in [0.25, 0.3) is 32.3 Å². The highest BCUT2D eigenvalue weighted by Crippen LogP contribution is 2.39. The molecule has 1 fully saturated rings. The molecule has 0 radical (unpaired) electrons. The lowest BCUT2D eigenvalue weighted by Crippen LogP contribution is -2.35. The molecule has 7 nitrogen and oxygen atoms in total. The average Bonchev–Trinajstić information content (AvgIpc) is 3.39. The Bertz CT molecular complexity index is 1780. The van der Waals surface area contributed by atoms with Gasteiger partial charge in [0.05, 0.1) is 37.4 Å². The van der Waals surface area contributed by atoms with Gasteiger partial charge in [-0.05, 0) is 51.9 Å². The average molecular weight is 518 g/mol. The van der Waals surface area contributed by atoms with Gasteiger partial charge < -0.3 is 19.7 Å². The van der Waals surface area contributed by atoms with Crippen LogP contribution >= 0.6 is 0 Å². The maximum atomic E-state index is 13.1. The van der Waals surface area contributed by atoms with Gasteiger partial charge in [-0.15, -0.1) is 0 Å². The van der Waals surface area contributed by atoms with Gasteiger partial charge >= 0.3 is 0 Å². The molecule has 0 spiro atoms. The molecule has 5 aromatic carbocycles.